The average molecular weight is 149 g/mol. The van der Waals surface area contributed by atoms with Crippen molar-refractivity contribution in [2.75, 3.05) is 6.54 Å². The molecule has 0 saturated carbocycles. The highest BCUT2D eigenvalue weighted by molar-refractivity contribution is 6.29. The van der Waals surface area contributed by atoms with Crippen LogP contribution < -0.4 is 11.1 Å². The van der Waals surface area contributed by atoms with E-state index in [4.69, 9.17) is 17.3 Å². The van der Waals surface area contributed by atoms with Gasteiger partial charge in [-0.1, -0.05) is 17.7 Å². The minimum Gasteiger partial charge on any atom is -0.352 e. The van der Waals surface area contributed by atoms with Gasteiger partial charge in [-0.25, -0.2) is 4.79 Å². The van der Waals surface area contributed by atoms with E-state index in [0.29, 0.717) is 11.6 Å². The van der Waals surface area contributed by atoms with Gasteiger partial charge in [0.1, 0.15) is 0 Å². The number of hydrogen-bond acceptors (Lipinski definition) is 1. The van der Waals surface area contributed by atoms with Gasteiger partial charge in [-0.15, -0.1) is 0 Å². The van der Waals surface area contributed by atoms with E-state index in [1.54, 1.807) is 13.0 Å². The summed E-state index contributed by atoms with van der Waals surface area (Å²) in [5, 5.41) is 3.00. The molecular formula is C5H9ClN2O. The van der Waals surface area contributed by atoms with Gasteiger partial charge < -0.3 is 11.1 Å². The lowest BCUT2D eigenvalue weighted by Gasteiger charge is -1.93. The molecule has 0 fully saturated rings. The molecule has 52 valence electrons. The lowest BCUT2D eigenvalue weighted by atomic mass is 10.5. The van der Waals surface area contributed by atoms with Crippen LogP contribution in [0.3, 0.4) is 0 Å². The van der Waals surface area contributed by atoms with Crippen LogP contribution in [-0.4, -0.2) is 12.6 Å². The zero-order valence-corrected chi connectivity index (χ0v) is 5.90. The van der Waals surface area contributed by atoms with E-state index < -0.39 is 6.03 Å². The van der Waals surface area contributed by atoms with Crippen molar-refractivity contribution in [2.24, 2.45) is 5.73 Å². The first-order valence-corrected chi connectivity index (χ1v) is 2.86. The molecule has 0 aromatic rings. The van der Waals surface area contributed by atoms with Crippen molar-refractivity contribution in [3.8, 4) is 0 Å². The molecule has 0 aromatic heterocycles. The smallest absolute Gasteiger partial charge is 0.312 e. The fourth-order valence-corrected chi connectivity index (χ4v) is 0.369. The average Bonchev–Trinajstić information content (AvgIpc) is 1.63. The second-order valence-electron chi connectivity index (χ2n) is 1.54. The highest BCUT2D eigenvalue weighted by atomic mass is 35.5. The minimum atomic E-state index is -0.538. The molecule has 0 aliphatic heterocycles. The first-order chi connectivity index (χ1) is 4.13. The molecule has 2 amide bonds. The van der Waals surface area contributed by atoms with Gasteiger partial charge in [0.2, 0.25) is 0 Å². The number of carbonyl (C=O) groups excluding carboxylic acids is 1. The summed E-state index contributed by atoms with van der Waals surface area (Å²) in [4.78, 5) is 10.0. The van der Waals surface area contributed by atoms with Crippen LogP contribution >= 0.6 is 11.6 Å². The molecular weight excluding hydrogens is 140 g/mol. The Morgan fingerprint density at radius 1 is 1.89 bits per heavy atom. The summed E-state index contributed by atoms with van der Waals surface area (Å²) in [6.45, 7) is 2.12. The van der Waals surface area contributed by atoms with Crippen LogP contribution in [0.5, 0.6) is 0 Å². The maximum absolute atomic E-state index is 10.0. The van der Waals surface area contributed by atoms with Crippen LogP contribution in [0.2, 0.25) is 0 Å². The molecule has 0 spiro atoms. The number of nitrogens with one attached hydrogen (secondary N) is 1. The summed E-state index contributed by atoms with van der Waals surface area (Å²) in [6, 6.07) is -0.538. The third kappa shape index (κ3) is 7.30. The predicted octanol–water partition coefficient (Wildman–Crippen LogP) is 0.797. The Bertz CT molecular complexity index is 129. The van der Waals surface area contributed by atoms with Crippen molar-refractivity contribution in [1.29, 1.82) is 0 Å². The molecule has 0 radical (unpaired) electrons. The van der Waals surface area contributed by atoms with E-state index in [-0.39, 0.29) is 0 Å². The first-order valence-electron chi connectivity index (χ1n) is 2.48. The van der Waals surface area contributed by atoms with Gasteiger partial charge in [-0.05, 0) is 6.92 Å². The van der Waals surface area contributed by atoms with E-state index in [9.17, 15) is 4.79 Å². The molecule has 0 heterocycles. The fraction of sp³-hybridized carbons (Fsp3) is 0.400. The van der Waals surface area contributed by atoms with Crippen molar-refractivity contribution < 1.29 is 4.79 Å². The predicted molar refractivity (Wildman–Crippen MR) is 37.2 cm³/mol. The Balaban J connectivity index is 3.31. The van der Waals surface area contributed by atoms with Crippen LogP contribution in [-0.2, 0) is 0 Å². The van der Waals surface area contributed by atoms with E-state index >= 15 is 0 Å². The van der Waals surface area contributed by atoms with Crippen molar-refractivity contribution in [3.05, 3.63) is 11.1 Å². The van der Waals surface area contributed by atoms with Crippen LogP contribution in [0.4, 0.5) is 4.79 Å². The number of halogens is 1. The van der Waals surface area contributed by atoms with Crippen molar-refractivity contribution >= 4 is 17.6 Å². The number of nitrogens with two attached hydrogens (primary N) is 1. The zero-order valence-electron chi connectivity index (χ0n) is 5.15. The van der Waals surface area contributed by atoms with E-state index in [1.165, 1.54) is 0 Å². The molecule has 0 rings (SSSR count). The fourth-order valence-electron chi connectivity index (χ4n) is 0.292. The monoisotopic (exact) mass is 148 g/mol. The highest BCUT2D eigenvalue weighted by Crippen LogP contribution is 1.94. The molecule has 9 heavy (non-hydrogen) atoms. The van der Waals surface area contributed by atoms with Gasteiger partial charge in [-0.2, -0.15) is 0 Å². The third-order valence-electron chi connectivity index (χ3n) is 0.660. The van der Waals surface area contributed by atoms with Gasteiger partial charge in [0.05, 0.1) is 0 Å². The van der Waals surface area contributed by atoms with Crippen LogP contribution in [0.25, 0.3) is 0 Å². The third-order valence-corrected chi connectivity index (χ3v) is 0.814. The number of carbonyl (C=O) groups is 1. The molecule has 0 saturated heterocycles. The Kier molecular flexibility index (Phi) is 3.88. The second-order valence-corrected chi connectivity index (χ2v) is 2.13. The molecule has 0 aliphatic rings. The van der Waals surface area contributed by atoms with Crippen molar-refractivity contribution in [3.63, 3.8) is 0 Å². The molecule has 0 bridgehead atoms. The molecule has 0 aromatic carbocycles. The summed E-state index contributed by atoms with van der Waals surface area (Å²) in [6.07, 6.45) is 1.66. The highest BCUT2D eigenvalue weighted by Gasteiger charge is 1.85. The van der Waals surface area contributed by atoms with E-state index in [0.717, 1.165) is 0 Å². The Morgan fingerprint density at radius 3 is 2.78 bits per heavy atom. The van der Waals surface area contributed by atoms with E-state index in [1.807, 2.05) is 0 Å². The first kappa shape index (κ1) is 8.30. The van der Waals surface area contributed by atoms with Crippen LogP contribution in [0.1, 0.15) is 6.92 Å². The SMILES string of the molecule is C/C(Cl)=C/CNC(N)=O. The summed E-state index contributed by atoms with van der Waals surface area (Å²) in [5.74, 6) is 0. The molecule has 3 nitrogen and oxygen atoms in total. The normalized spacial score (nSPS) is 11.1. The number of amides is 2. The molecule has 0 unspecified atom stereocenters. The summed E-state index contributed by atoms with van der Waals surface area (Å²) >= 11 is 5.43. The standard InChI is InChI=1S/C5H9ClN2O/c1-4(6)2-3-8-5(7)9/h2H,3H2,1H3,(H3,7,8,9)/b4-2-. The largest absolute Gasteiger partial charge is 0.352 e. The van der Waals surface area contributed by atoms with Crippen LogP contribution in [0, 0.1) is 0 Å². The number of rotatable bonds is 2. The lowest BCUT2D eigenvalue weighted by molar-refractivity contribution is 0.250. The van der Waals surface area contributed by atoms with Crippen molar-refractivity contribution in [1.82, 2.24) is 5.32 Å². The topological polar surface area (TPSA) is 55.1 Å². The zero-order chi connectivity index (χ0) is 7.28. The minimum absolute atomic E-state index is 0.394. The maximum Gasteiger partial charge on any atom is 0.312 e. The second kappa shape index (κ2) is 4.21. The number of urea groups is 1. The lowest BCUT2D eigenvalue weighted by Crippen LogP contribution is -2.29. The molecule has 4 heteroatoms. The summed E-state index contributed by atoms with van der Waals surface area (Å²) in [5.41, 5.74) is 4.76. The van der Waals surface area contributed by atoms with Gasteiger partial charge >= 0.3 is 6.03 Å². The number of hydrogen-bond donors (Lipinski definition) is 2. The van der Waals surface area contributed by atoms with Gasteiger partial charge in [0, 0.05) is 11.6 Å². The van der Waals surface area contributed by atoms with Gasteiger partial charge in [-0.3, -0.25) is 0 Å². The Hall–Kier alpha value is -0.700. The number of allylic oxidation sites excluding steroid dienone is 1. The number of primary amides is 1. The van der Waals surface area contributed by atoms with Crippen molar-refractivity contribution in [2.45, 2.75) is 6.92 Å². The maximum atomic E-state index is 10.0. The summed E-state index contributed by atoms with van der Waals surface area (Å²) in [7, 11) is 0. The van der Waals surface area contributed by atoms with Gasteiger partial charge in [0.25, 0.3) is 0 Å². The molecule has 0 aliphatic carbocycles. The van der Waals surface area contributed by atoms with Gasteiger partial charge in [0.15, 0.2) is 0 Å². The van der Waals surface area contributed by atoms with Crippen LogP contribution in [0.15, 0.2) is 11.1 Å². The quantitative estimate of drug-likeness (QED) is 0.598. The molecule has 0 atom stereocenters. The Morgan fingerprint density at radius 2 is 2.44 bits per heavy atom. The molecule has 3 N–H and O–H groups in total. The van der Waals surface area contributed by atoms with E-state index in [2.05, 4.69) is 5.32 Å². The summed E-state index contributed by atoms with van der Waals surface area (Å²) < 4.78 is 0. The Labute approximate surface area is 58.9 Å².